The lowest BCUT2D eigenvalue weighted by Crippen LogP contribution is -2.20. The molecule has 0 radical (unpaired) electrons. The molecule has 1 fully saturated rings. The second-order valence-corrected chi connectivity index (χ2v) is 8.24. The van der Waals surface area contributed by atoms with Gasteiger partial charge in [-0.1, -0.05) is 11.6 Å². The number of hydrogen-bond donors (Lipinski definition) is 1. The van der Waals surface area contributed by atoms with E-state index in [4.69, 9.17) is 11.6 Å². The Hall–Kier alpha value is -2.52. The Morgan fingerprint density at radius 3 is 2.43 bits per heavy atom. The number of nitrogens with zero attached hydrogens (tertiary/aromatic N) is 2. The standard InChI is InChI=1S/C18H16ClF2N3O3S/c1-24-8-2-3-17(24)23-28(26,27)12-6-4-11(5-7-12)22-18(25)13-9-15(20)16(21)10-14(13)19/h4-7,9-10H,2-3,8H2,1H3,(H,22,25)/b23-17+. The molecular formula is C18H16ClF2N3O3S. The van der Waals surface area contributed by atoms with Crippen molar-refractivity contribution in [2.45, 2.75) is 17.7 Å². The van der Waals surface area contributed by atoms with Crippen molar-refractivity contribution in [1.29, 1.82) is 0 Å². The molecule has 0 atom stereocenters. The Kier molecular flexibility index (Phi) is 5.66. The molecule has 0 saturated carbocycles. The molecule has 1 saturated heterocycles. The normalized spacial score (nSPS) is 15.9. The summed E-state index contributed by atoms with van der Waals surface area (Å²) >= 11 is 5.77. The van der Waals surface area contributed by atoms with E-state index in [0.717, 1.165) is 13.0 Å². The van der Waals surface area contributed by atoms with Gasteiger partial charge in [-0.2, -0.15) is 8.42 Å². The smallest absolute Gasteiger partial charge is 0.283 e. The second-order valence-electron chi connectivity index (χ2n) is 6.23. The number of amides is 1. The minimum atomic E-state index is -3.87. The maximum absolute atomic E-state index is 13.3. The SMILES string of the molecule is CN1CCC/C1=N\S(=O)(=O)c1ccc(NC(=O)c2cc(F)c(F)cc2Cl)cc1. The maximum Gasteiger partial charge on any atom is 0.283 e. The van der Waals surface area contributed by atoms with E-state index in [9.17, 15) is 22.0 Å². The number of halogens is 3. The highest BCUT2D eigenvalue weighted by atomic mass is 35.5. The molecule has 148 valence electrons. The van der Waals surface area contributed by atoms with Crippen molar-refractivity contribution in [3.05, 3.63) is 58.6 Å². The first-order valence-corrected chi connectivity index (χ1v) is 10.1. The molecule has 3 rings (SSSR count). The van der Waals surface area contributed by atoms with Crippen LogP contribution >= 0.6 is 11.6 Å². The average Bonchev–Trinajstić information content (AvgIpc) is 3.02. The van der Waals surface area contributed by atoms with Gasteiger partial charge in [-0.05, 0) is 42.8 Å². The summed E-state index contributed by atoms with van der Waals surface area (Å²) < 4.78 is 55.1. The summed E-state index contributed by atoms with van der Waals surface area (Å²) in [6.45, 7) is 0.756. The van der Waals surface area contributed by atoms with Crippen molar-refractivity contribution in [1.82, 2.24) is 4.90 Å². The number of rotatable bonds is 4. The summed E-state index contributed by atoms with van der Waals surface area (Å²) in [4.78, 5) is 14.0. The van der Waals surface area contributed by atoms with Crippen LogP contribution in [0.3, 0.4) is 0 Å². The molecule has 10 heteroatoms. The third kappa shape index (κ3) is 4.31. The van der Waals surface area contributed by atoms with Gasteiger partial charge in [-0.25, -0.2) is 8.78 Å². The maximum atomic E-state index is 13.3. The predicted octanol–water partition coefficient (Wildman–Crippen LogP) is 3.68. The Morgan fingerprint density at radius 1 is 1.18 bits per heavy atom. The molecule has 28 heavy (non-hydrogen) atoms. The monoisotopic (exact) mass is 427 g/mol. The lowest BCUT2D eigenvalue weighted by Gasteiger charge is -2.11. The van der Waals surface area contributed by atoms with Gasteiger partial charge in [0.05, 0.1) is 15.5 Å². The van der Waals surface area contributed by atoms with Crippen LogP contribution in [0.2, 0.25) is 5.02 Å². The van der Waals surface area contributed by atoms with Crippen LogP contribution in [0.15, 0.2) is 45.7 Å². The highest BCUT2D eigenvalue weighted by molar-refractivity contribution is 7.90. The fraction of sp³-hybridized carbons (Fsp3) is 0.222. The van der Waals surface area contributed by atoms with Gasteiger partial charge in [0, 0.05) is 25.7 Å². The number of carbonyl (C=O) groups excluding carboxylic acids is 1. The Labute approximate surface area is 165 Å². The van der Waals surface area contributed by atoms with Gasteiger partial charge in [0.2, 0.25) is 0 Å². The highest BCUT2D eigenvalue weighted by Gasteiger charge is 2.20. The van der Waals surface area contributed by atoms with Crippen LogP contribution in [0.4, 0.5) is 14.5 Å². The van der Waals surface area contributed by atoms with Gasteiger partial charge in [0.15, 0.2) is 11.6 Å². The predicted molar refractivity (Wildman–Crippen MR) is 102 cm³/mol. The lowest BCUT2D eigenvalue weighted by atomic mass is 10.2. The molecule has 1 amide bonds. The zero-order valence-corrected chi connectivity index (χ0v) is 16.3. The molecular weight excluding hydrogens is 412 g/mol. The van der Waals surface area contributed by atoms with E-state index in [0.29, 0.717) is 24.4 Å². The molecule has 0 unspecified atom stereocenters. The molecule has 0 aromatic heterocycles. The molecule has 1 heterocycles. The van der Waals surface area contributed by atoms with E-state index in [1.54, 1.807) is 11.9 Å². The zero-order valence-electron chi connectivity index (χ0n) is 14.7. The molecule has 1 N–H and O–H groups in total. The molecule has 0 spiro atoms. The molecule has 0 bridgehead atoms. The summed E-state index contributed by atoms with van der Waals surface area (Å²) in [6.07, 6.45) is 1.45. The van der Waals surface area contributed by atoms with Crippen molar-refractivity contribution in [3.8, 4) is 0 Å². The summed E-state index contributed by atoms with van der Waals surface area (Å²) in [6, 6.07) is 6.75. The van der Waals surface area contributed by atoms with Crippen LogP contribution in [-0.4, -0.2) is 38.7 Å². The number of nitrogens with one attached hydrogen (secondary N) is 1. The topological polar surface area (TPSA) is 78.8 Å². The number of amidine groups is 1. The van der Waals surface area contributed by atoms with E-state index < -0.39 is 27.6 Å². The summed E-state index contributed by atoms with van der Waals surface area (Å²) in [5, 5.41) is 2.21. The highest BCUT2D eigenvalue weighted by Crippen LogP contribution is 2.23. The number of carbonyl (C=O) groups is 1. The molecule has 2 aromatic carbocycles. The van der Waals surface area contributed by atoms with Crippen LogP contribution in [0.1, 0.15) is 23.2 Å². The Bertz CT molecular complexity index is 1060. The van der Waals surface area contributed by atoms with E-state index in [1.807, 2.05) is 0 Å². The van der Waals surface area contributed by atoms with Crippen molar-refractivity contribution in [3.63, 3.8) is 0 Å². The van der Waals surface area contributed by atoms with Gasteiger partial charge in [-0.3, -0.25) is 4.79 Å². The van der Waals surface area contributed by atoms with Gasteiger partial charge in [-0.15, -0.1) is 4.40 Å². The molecule has 0 aliphatic carbocycles. The Morgan fingerprint density at radius 2 is 1.82 bits per heavy atom. The van der Waals surface area contributed by atoms with E-state index >= 15 is 0 Å². The van der Waals surface area contributed by atoms with Gasteiger partial charge in [0.1, 0.15) is 5.84 Å². The fourth-order valence-corrected chi connectivity index (χ4v) is 4.04. The van der Waals surface area contributed by atoms with Crippen molar-refractivity contribution >= 4 is 39.1 Å². The van der Waals surface area contributed by atoms with Crippen LogP contribution in [0, 0.1) is 11.6 Å². The number of hydrogen-bond acceptors (Lipinski definition) is 3. The van der Waals surface area contributed by atoms with Crippen molar-refractivity contribution < 1.29 is 22.0 Å². The lowest BCUT2D eigenvalue weighted by molar-refractivity contribution is 0.102. The van der Waals surface area contributed by atoms with Crippen molar-refractivity contribution in [2.75, 3.05) is 18.9 Å². The zero-order chi connectivity index (χ0) is 20.5. The minimum absolute atomic E-state index is 0.0239. The quantitative estimate of drug-likeness (QED) is 0.755. The summed E-state index contributed by atoms with van der Waals surface area (Å²) in [7, 11) is -2.09. The molecule has 6 nitrogen and oxygen atoms in total. The van der Waals surface area contributed by atoms with E-state index in [1.165, 1.54) is 24.3 Å². The first-order chi connectivity index (χ1) is 13.2. The third-order valence-corrected chi connectivity index (χ3v) is 5.86. The minimum Gasteiger partial charge on any atom is -0.362 e. The number of anilines is 1. The second kappa shape index (κ2) is 7.84. The van der Waals surface area contributed by atoms with Crippen LogP contribution in [0.5, 0.6) is 0 Å². The third-order valence-electron chi connectivity index (χ3n) is 4.22. The summed E-state index contributed by atoms with van der Waals surface area (Å²) in [5.74, 6) is -2.62. The van der Waals surface area contributed by atoms with E-state index in [2.05, 4.69) is 9.71 Å². The number of sulfonamides is 1. The first kappa shape index (κ1) is 20.2. The average molecular weight is 428 g/mol. The molecule has 1 aliphatic heterocycles. The van der Waals surface area contributed by atoms with Gasteiger partial charge >= 0.3 is 0 Å². The van der Waals surface area contributed by atoms with Crippen molar-refractivity contribution in [2.24, 2.45) is 4.40 Å². The van der Waals surface area contributed by atoms with Crippen LogP contribution < -0.4 is 5.32 Å². The van der Waals surface area contributed by atoms with Gasteiger partial charge in [0.25, 0.3) is 15.9 Å². The Balaban J connectivity index is 1.78. The largest absolute Gasteiger partial charge is 0.362 e. The first-order valence-electron chi connectivity index (χ1n) is 8.28. The molecule has 2 aromatic rings. The van der Waals surface area contributed by atoms with Crippen LogP contribution in [-0.2, 0) is 10.0 Å². The number of benzene rings is 2. The van der Waals surface area contributed by atoms with Gasteiger partial charge < -0.3 is 10.2 Å². The fourth-order valence-electron chi connectivity index (χ4n) is 2.71. The number of likely N-dealkylation sites (tertiary alicyclic amines) is 1. The van der Waals surface area contributed by atoms with Crippen LogP contribution in [0.25, 0.3) is 0 Å². The molecule has 1 aliphatic rings. The van der Waals surface area contributed by atoms with E-state index in [-0.39, 0.29) is 21.2 Å². The summed E-state index contributed by atoms with van der Waals surface area (Å²) in [5.41, 5.74) is 0.0170.